The van der Waals surface area contributed by atoms with Crippen molar-refractivity contribution in [2.24, 2.45) is 0 Å². The summed E-state index contributed by atoms with van der Waals surface area (Å²) in [6.45, 7) is 10.00. The maximum atomic E-state index is 10.3. The Hall–Kier alpha value is -1.35. The van der Waals surface area contributed by atoms with E-state index in [1.165, 1.54) is 0 Å². The van der Waals surface area contributed by atoms with Gasteiger partial charge < -0.3 is 5.11 Å². The standard InChI is InChI=1S/C14H20N2O/c1-13(2,3)11-10-8-6-7-9-16(10)15-12(11)14(4,5)17/h6-9,17H,1-5H3. The number of nitrogens with zero attached hydrogens (tertiary/aromatic N) is 2. The molecule has 2 aromatic rings. The summed E-state index contributed by atoms with van der Waals surface area (Å²) in [6.07, 6.45) is 1.92. The minimum absolute atomic E-state index is 0.0432. The summed E-state index contributed by atoms with van der Waals surface area (Å²) >= 11 is 0. The molecule has 3 nitrogen and oxygen atoms in total. The molecule has 1 N–H and O–H groups in total. The van der Waals surface area contributed by atoms with E-state index in [0.29, 0.717) is 0 Å². The molecule has 0 aliphatic heterocycles. The van der Waals surface area contributed by atoms with E-state index in [0.717, 1.165) is 16.8 Å². The Morgan fingerprint density at radius 1 is 1.12 bits per heavy atom. The molecule has 17 heavy (non-hydrogen) atoms. The van der Waals surface area contributed by atoms with Gasteiger partial charge in [0.2, 0.25) is 0 Å². The fourth-order valence-corrected chi connectivity index (χ4v) is 2.17. The maximum absolute atomic E-state index is 10.3. The molecule has 0 unspecified atom stereocenters. The second kappa shape index (κ2) is 3.57. The van der Waals surface area contributed by atoms with E-state index >= 15 is 0 Å². The highest BCUT2D eigenvalue weighted by atomic mass is 16.3. The summed E-state index contributed by atoms with van der Waals surface area (Å²) in [5.74, 6) is 0. The van der Waals surface area contributed by atoms with Crippen LogP contribution in [0.25, 0.3) is 5.52 Å². The highest BCUT2D eigenvalue weighted by Crippen LogP contribution is 2.34. The van der Waals surface area contributed by atoms with Gasteiger partial charge in [-0.15, -0.1) is 0 Å². The Labute approximate surface area is 102 Å². The minimum Gasteiger partial charge on any atom is -0.384 e. The second-order valence-corrected chi connectivity index (χ2v) is 6.06. The molecule has 0 spiro atoms. The van der Waals surface area contributed by atoms with Crippen LogP contribution in [0.15, 0.2) is 24.4 Å². The predicted molar refractivity (Wildman–Crippen MR) is 69.1 cm³/mol. The number of pyridine rings is 1. The van der Waals surface area contributed by atoms with Gasteiger partial charge >= 0.3 is 0 Å². The molecule has 0 saturated heterocycles. The van der Waals surface area contributed by atoms with Crippen molar-refractivity contribution in [1.82, 2.24) is 9.61 Å². The first-order chi connectivity index (χ1) is 7.71. The smallest absolute Gasteiger partial charge is 0.103 e. The van der Waals surface area contributed by atoms with Gasteiger partial charge in [-0.05, 0) is 31.4 Å². The highest BCUT2D eigenvalue weighted by Gasteiger charge is 2.31. The Bertz CT molecular complexity index is 541. The van der Waals surface area contributed by atoms with Crippen molar-refractivity contribution >= 4 is 5.52 Å². The molecule has 0 fully saturated rings. The molecule has 92 valence electrons. The van der Waals surface area contributed by atoms with Crippen molar-refractivity contribution in [2.45, 2.75) is 45.6 Å². The van der Waals surface area contributed by atoms with E-state index in [4.69, 9.17) is 0 Å². The molecule has 0 bridgehead atoms. The first-order valence-electron chi connectivity index (χ1n) is 5.92. The minimum atomic E-state index is -0.922. The summed E-state index contributed by atoms with van der Waals surface area (Å²) < 4.78 is 1.84. The van der Waals surface area contributed by atoms with E-state index in [-0.39, 0.29) is 5.41 Å². The van der Waals surface area contributed by atoms with Gasteiger partial charge in [-0.1, -0.05) is 26.8 Å². The third-order valence-corrected chi connectivity index (χ3v) is 2.87. The highest BCUT2D eigenvalue weighted by molar-refractivity contribution is 5.60. The maximum Gasteiger partial charge on any atom is 0.103 e. The lowest BCUT2D eigenvalue weighted by atomic mass is 9.82. The van der Waals surface area contributed by atoms with Crippen LogP contribution in [-0.2, 0) is 11.0 Å². The number of aliphatic hydroxyl groups is 1. The lowest BCUT2D eigenvalue weighted by Crippen LogP contribution is -2.23. The fraction of sp³-hybridized carbons (Fsp3) is 0.500. The van der Waals surface area contributed by atoms with Gasteiger partial charge in [0, 0.05) is 11.8 Å². The number of fused-ring (bicyclic) bond motifs is 1. The normalized spacial score (nSPS) is 13.3. The zero-order chi connectivity index (χ0) is 12.8. The predicted octanol–water partition coefficient (Wildman–Crippen LogP) is 2.86. The van der Waals surface area contributed by atoms with Crippen molar-refractivity contribution in [1.29, 1.82) is 0 Å². The molecular formula is C14H20N2O. The van der Waals surface area contributed by atoms with Crippen LogP contribution in [0, 0.1) is 0 Å². The summed E-state index contributed by atoms with van der Waals surface area (Å²) in [5, 5.41) is 14.8. The lowest BCUT2D eigenvalue weighted by Gasteiger charge is -2.24. The van der Waals surface area contributed by atoms with E-state index in [9.17, 15) is 5.11 Å². The molecule has 3 heteroatoms. The van der Waals surface area contributed by atoms with Crippen LogP contribution in [0.1, 0.15) is 45.9 Å². The summed E-state index contributed by atoms with van der Waals surface area (Å²) in [6, 6.07) is 5.99. The Morgan fingerprint density at radius 2 is 1.76 bits per heavy atom. The first-order valence-corrected chi connectivity index (χ1v) is 5.92. The molecule has 2 aromatic heterocycles. The zero-order valence-electron chi connectivity index (χ0n) is 11.2. The number of hydrogen-bond donors (Lipinski definition) is 1. The molecule has 0 aliphatic carbocycles. The van der Waals surface area contributed by atoms with E-state index in [1.54, 1.807) is 13.8 Å². The van der Waals surface area contributed by atoms with Gasteiger partial charge in [-0.3, -0.25) is 0 Å². The molecule has 0 aliphatic rings. The third kappa shape index (κ3) is 2.07. The molecule has 0 amide bonds. The van der Waals surface area contributed by atoms with Crippen molar-refractivity contribution in [2.75, 3.05) is 0 Å². The van der Waals surface area contributed by atoms with Gasteiger partial charge in [0.1, 0.15) is 5.60 Å². The van der Waals surface area contributed by atoms with Crippen molar-refractivity contribution in [3.63, 3.8) is 0 Å². The molecule has 0 radical (unpaired) electrons. The third-order valence-electron chi connectivity index (χ3n) is 2.87. The molecule has 0 atom stereocenters. The van der Waals surface area contributed by atoms with Crippen LogP contribution >= 0.6 is 0 Å². The summed E-state index contributed by atoms with van der Waals surface area (Å²) in [4.78, 5) is 0. The van der Waals surface area contributed by atoms with Crippen LogP contribution in [-0.4, -0.2) is 14.7 Å². The van der Waals surface area contributed by atoms with E-state index < -0.39 is 5.60 Å². The molecule has 2 heterocycles. The van der Waals surface area contributed by atoms with Crippen LogP contribution in [0.3, 0.4) is 0 Å². The SMILES string of the molecule is CC(C)(C)c1c(C(C)(C)O)nn2ccccc12. The van der Waals surface area contributed by atoms with Crippen molar-refractivity contribution in [3.05, 3.63) is 35.7 Å². The molecular weight excluding hydrogens is 212 g/mol. The fourth-order valence-electron chi connectivity index (χ4n) is 2.17. The Morgan fingerprint density at radius 3 is 2.29 bits per heavy atom. The summed E-state index contributed by atoms with van der Waals surface area (Å²) in [7, 11) is 0. The quantitative estimate of drug-likeness (QED) is 0.821. The van der Waals surface area contributed by atoms with Gasteiger partial charge in [0.05, 0.1) is 11.2 Å². The van der Waals surface area contributed by atoms with E-state index in [2.05, 4.69) is 25.9 Å². The van der Waals surface area contributed by atoms with Crippen molar-refractivity contribution in [3.8, 4) is 0 Å². The molecule has 0 aromatic carbocycles. The topological polar surface area (TPSA) is 37.5 Å². The number of rotatable bonds is 1. The molecule has 0 saturated carbocycles. The van der Waals surface area contributed by atoms with Crippen LogP contribution in [0.5, 0.6) is 0 Å². The monoisotopic (exact) mass is 232 g/mol. The first kappa shape index (κ1) is 12.1. The van der Waals surface area contributed by atoms with Gasteiger partial charge in [-0.25, -0.2) is 4.52 Å². The van der Waals surface area contributed by atoms with Crippen LogP contribution in [0.2, 0.25) is 0 Å². The van der Waals surface area contributed by atoms with Gasteiger partial charge in [-0.2, -0.15) is 5.10 Å². The summed E-state index contributed by atoms with van der Waals surface area (Å²) in [5.41, 5.74) is 1.98. The van der Waals surface area contributed by atoms with Gasteiger partial charge in [0.15, 0.2) is 0 Å². The number of aromatic nitrogens is 2. The zero-order valence-corrected chi connectivity index (χ0v) is 11.2. The lowest BCUT2D eigenvalue weighted by molar-refractivity contribution is 0.0716. The number of hydrogen-bond acceptors (Lipinski definition) is 2. The Balaban J connectivity index is 2.84. The average molecular weight is 232 g/mol. The molecule has 2 rings (SSSR count). The van der Waals surface area contributed by atoms with Crippen LogP contribution < -0.4 is 0 Å². The Kier molecular flexibility index (Phi) is 2.54. The average Bonchev–Trinajstić information content (AvgIpc) is 2.54. The van der Waals surface area contributed by atoms with Crippen molar-refractivity contribution < 1.29 is 5.11 Å². The second-order valence-electron chi connectivity index (χ2n) is 6.06. The largest absolute Gasteiger partial charge is 0.384 e. The van der Waals surface area contributed by atoms with Crippen LogP contribution in [0.4, 0.5) is 0 Å². The van der Waals surface area contributed by atoms with E-state index in [1.807, 2.05) is 28.9 Å². The van der Waals surface area contributed by atoms with Gasteiger partial charge in [0.25, 0.3) is 0 Å².